The predicted octanol–water partition coefficient (Wildman–Crippen LogP) is 6.10. The predicted molar refractivity (Wildman–Crippen MR) is 126 cm³/mol. The summed E-state index contributed by atoms with van der Waals surface area (Å²) in [6.45, 7) is 15.9. The molecule has 1 unspecified atom stereocenters. The Balaban J connectivity index is 1.98. The molecule has 0 saturated heterocycles. The van der Waals surface area contributed by atoms with Gasteiger partial charge in [-0.2, -0.15) is 0 Å². The molecule has 1 atom stereocenters. The molecular formula is C27H34N2. The lowest BCUT2D eigenvalue weighted by Crippen LogP contribution is -2.40. The first-order valence-electron chi connectivity index (χ1n) is 10.7. The Morgan fingerprint density at radius 2 is 1.62 bits per heavy atom. The summed E-state index contributed by atoms with van der Waals surface area (Å²) in [5, 5.41) is 5.10. The first-order valence-corrected chi connectivity index (χ1v) is 10.7. The Bertz CT molecular complexity index is 1190. The highest BCUT2D eigenvalue weighted by Gasteiger charge is 2.36. The van der Waals surface area contributed by atoms with Crippen LogP contribution in [0.2, 0.25) is 0 Å². The fourth-order valence-electron chi connectivity index (χ4n) is 5.42. The van der Waals surface area contributed by atoms with E-state index in [0.717, 1.165) is 6.42 Å². The van der Waals surface area contributed by atoms with Crippen LogP contribution in [0.4, 0.5) is 0 Å². The summed E-state index contributed by atoms with van der Waals surface area (Å²) in [5.74, 6) is 0. The molecule has 2 nitrogen and oxygen atoms in total. The van der Waals surface area contributed by atoms with Gasteiger partial charge in [-0.1, -0.05) is 12.1 Å². The topological polar surface area (TPSA) is 17.0 Å². The van der Waals surface area contributed by atoms with E-state index in [1.54, 1.807) is 0 Å². The number of rotatable bonds is 3. The second-order valence-electron chi connectivity index (χ2n) is 9.18. The van der Waals surface area contributed by atoms with E-state index >= 15 is 0 Å². The molecule has 1 heterocycles. The molecule has 2 aromatic carbocycles. The third-order valence-corrected chi connectivity index (χ3v) is 7.83. The fourth-order valence-corrected chi connectivity index (χ4v) is 5.42. The molecule has 3 aromatic rings. The van der Waals surface area contributed by atoms with Crippen LogP contribution in [-0.4, -0.2) is 11.6 Å². The monoisotopic (exact) mass is 386 g/mol. The zero-order valence-corrected chi connectivity index (χ0v) is 19.5. The quantitative estimate of drug-likeness (QED) is 0.575. The van der Waals surface area contributed by atoms with Gasteiger partial charge in [0.25, 0.3) is 0 Å². The summed E-state index contributed by atoms with van der Waals surface area (Å²) in [7, 11) is 4.26. The van der Waals surface area contributed by atoms with Crippen LogP contribution in [0.25, 0.3) is 17.0 Å². The van der Waals surface area contributed by atoms with Crippen molar-refractivity contribution in [3.05, 3.63) is 74.0 Å². The smallest absolute Gasteiger partial charge is 0.0634 e. The van der Waals surface area contributed by atoms with E-state index < -0.39 is 0 Å². The van der Waals surface area contributed by atoms with Crippen LogP contribution in [0, 0.1) is 41.5 Å². The average molecular weight is 387 g/mol. The van der Waals surface area contributed by atoms with Gasteiger partial charge in [-0.15, -0.1) is 0 Å². The molecule has 0 aliphatic heterocycles. The van der Waals surface area contributed by atoms with Crippen LogP contribution in [0.5, 0.6) is 0 Å². The van der Waals surface area contributed by atoms with Crippen molar-refractivity contribution in [2.24, 2.45) is 7.05 Å². The van der Waals surface area contributed by atoms with Gasteiger partial charge in [0.05, 0.1) is 11.1 Å². The molecule has 0 spiro atoms. The van der Waals surface area contributed by atoms with Crippen LogP contribution >= 0.6 is 0 Å². The fraction of sp³-hybridized carbons (Fsp3) is 0.407. The summed E-state index contributed by atoms with van der Waals surface area (Å²) < 4.78 is 2.27. The van der Waals surface area contributed by atoms with Gasteiger partial charge in [-0.05, 0) is 124 Å². The van der Waals surface area contributed by atoms with Gasteiger partial charge >= 0.3 is 0 Å². The minimum absolute atomic E-state index is 0.213. The molecule has 4 rings (SSSR count). The largest absolute Gasteiger partial charge is 0.350 e. The van der Waals surface area contributed by atoms with Crippen molar-refractivity contribution in [1.29, 1.82) is 0 Å². The Hall–Kier alpha value is -2.32. The molecule has 29 heavy (non-hydrogen) atoms. The standard InChI is InChI=1S/C27H34N2/c1-15-12-21-13-22(14-24(21)18(4)16(15)2)27(7,28-8)25-19(5)17(3)20(6)26-23(25)10-11-29(26)9/h10-12,14,28H,13H2,1-9H3. The summed E-state index contributed by atoms with van der Waals surface area (Å²) in [6, 6.07) is 4.69. The maximum Gasteiger partial charge on any atom is 0.0634 e. The number of nitrogens with one attached hydrogen (secondary N) is 1. The summed E-state index contributed by atoms with van der Waals surface area (Å²) in [5.41, 5.74) is 15.3. The number of hydrogen-bond donors (Lipinski definition) is 1. The SMILES string of the molecule is CNC(C)(C1=Cc2c(cc(C)c(C)c2C)C1)c1c(C)c(C)c(C)c2c1ccn2C. The zero-order valence-electron chi connectivity index (χ0n) is 19.5. The molecule has 1 aliphatic rings. The molecule has 0 radical (unpaired) electrons. The van der Waals surface area contributed by atoms with E-state index in [4.69, 9.17) is 0 Å². The van der Waals surface area contributed by atoms with Gasteiger partial charge in [-0.3, -0.25) is 0 Å². The van der Waals surface area contributed by atoms with Crippen molar-refractivity contribution in [1.82, 2.24) is 9.88 Å². The van der Waals surface area contributed by atoms with Gasteiger partial charge in [0.15, 0.2) is 0 Å². The maximum absolute atomic E-state index is 3.73. The minimum atomic E-state index is -0.213. The minimum Gasteiger partial charge on any atom is -0.350 e. The summed E-state index contributed by atoms with van der Waals surface area (Å²) >= 11 is 0. The van der Waals surface area contributed by atoms with Crippen molar-refractivity contribution in [3.8, 4) is 0 Å². The van der Waals surface area contributed by atoms with Crippen molar-refractivity contribution in [2.75, 3.05) is 7.05 Å². The first kappa shape index (κ1) is 20.0. The van der Waals surface area contributed by atoms with Gasteiger partial charge in [0, 0.05) is 18.6 Å². The molecule has 2 heteroatoms. The molecule has 1 aromatic heterocycles. The molecule has 1 aliphatic carbocycles. The van der Waals surface area contributed by atoms with Crippen molar-refractivity contribution < 1.29 is 0 Å². The Morgan fingerprint density at radius 3 is 2.28 bits per heavy atom. The zero-order chi connectivity index (χ0) is 21.2. The van der Waals surface area contributed by atoms with Gasteiger partial charge in [-0.25, -0.2) is 0 Å². The van der Waals surface area contributed by atoms with E-state index in [0.29, 0.717) is 0 Å². The number of aromatic nitrogens is 1. The lowest BCUT2D eigenvalue weighted by Gasteiger charge is -2.35. The Labute approximate surface area is 175 Å². The maximum atomic E-state index is 3.73. The van der Waals surface area contributed by atoms with Crippen LogP contribution in [0.15, 0.2) is 23.9 Å². The molecular weight excluding hydrogens is 352 g/mol. The van der Waals surface area contributed by atoms with Crippen molar-refractivity contribution in [3.63, 3.8) is 0 Å². The highest BCUT2D eigenvalue weighted by Crippen LogP contribution is 2.44. The third-order valence-electron chi connectivity index (χ3n) is 7.83. The van der Waals surface area contributed by atoms with E-state index in [-0.39, 0.29) is 5.54 Å². The highest BCUT2D eigenvalue weighted by atomic mass is 15.0. The first-order chi connectivity index (χ1) is 13.6. The van der Waals surface area contributed by atoms with Crippen molar-refractivity contribution in [2.45, 2.75) is 60.4 Å². The van der Waals surface area contributed by atoms with E-state index in [1.165, 1.54) is 66.5 Å². The number of hydrogen-bond acceptors (Lipinski definition) is 1. The summed E-state index contributed by atoms with van der Waals surface area (Å²) in [4.78, 5) is 0. The number of benzene rings is 2. The normalized spacial score (nSPS) is 15.6. The van der Waals surface area contributed by atoms with E-state index in [2.05, 4.69) is 96.9 Å². The van der Waals surface area contributed by atoms with E-state index in [9.17, 15) is 0 Å². The van der Waals surface area contributed by atoms with Crippen molar-refractivity contribution >= 4 is 17.0 Å². The Kier molecular flexibility index (Phi) is 4.55. The second-order valence-corrected chi connectivity index (χ2v) is 9.18. The molecule has 0 amide bonds. The molecule has 0 saturated carbocycles. The van der Waals surface area contributed by atoms with E-state index in [1.807, 2.05) is 0 Å². The summed E-state index contributed by atoms with van der Waals surface area (Å²) in [6.07, 6.45) is 5.66. The number of aryl methyl sites for hydroxylation is 3. The number of fused-ring (bicyclic) bond motifs is 2. The van der Waals surface area contributed by atoms with Crippen LogP contribution in [0.3, 0.4) is 0 Å². The lowest BCUT2D eigenvalue weighted by atomic mass is 9.77. The van der Waals surface area contributed by atoms with Gasteiger partial charge in [0.2, 0.25) is 0 Å². The molecule has 0 bridgehead atoms. The molecule has 1 N–H and O–H groups in total. The van der Waals surface area contributed by atoms with Gasteiger partial charge < -0.3 is 9.88 Å². The molecule has 0 fully saturated rings. The van der Waals surface area contributed by atoms with Crippen LogP contribution in [0.1, 0.15) is 57.0 Å². The number of nitrogens with zero attached hydrogens (tertiary/aromatic N) is 1. The van der Waals surface area contributed by atoms with Crippen LogP contribution < -0.4 is 5.32 Å². The van der Waals surface area contributed by atoms with Crippen LogP contribution in [-0.2, 0) is 19.0 Å². The second kappa shape index (κ2) is 6.60. The number of likely N-dealkylation sites (N-methyl/N-ethyl adjacent to an activating group) is 1. The third kappa shape index (κ3) is 2.65. The average Bonchev–Trinajstić information content (AvgIpc) is 3.28. The highest BCUT2D eigenvalue weighted by molar-refractivity contribution is 5.91. The lowest BCUT2D eigenvalue weighted by molar-refractivity contribution is 0.470. The Morgan fingerprint density at radius 1 is 0.931 bits per heavy atom. The van der Waals surface area contributed by atoms with Gasteiger partial charge in [0.1, 0.15) is 0 Å². The molecule has 152 valence electrons.